The van der Waals surface area contributed by atoms with Crippen LogP contribution in [-0.2, 0) is 44.6 Å². The predicted molar refractivity (Wildman–Crippen MR) is 226 cm³/mol. The van der Waals surface area contributed by atoms with Crippen molar-refractivity contribution in [3.05, 3.63) is 30.3 Å². The molecule has 3 unspecified atom stereocenters. The van der Waals surface area contributed by atoms with Gasteiger partial charge in [-0.25, -0.2) is 23.6 Å². The molecule has 0 aliphatic carbocycles. The monoisotopic (exact) mass is 910 g/mol. The summed E-state index contributed by atoms with van der Waals surface area (Å²) < 4.78 is 72.5. The van der Waals surface area contributed by atoms with Crippen molar-refractivity contribution in [1.29, 1.82) is 0 Å². The second-order valence-electron chi connectivity index (χ2n) is 17.2. The van der Waals surface area contributed by atoms with Crippen LogP contribution in [0.5, 0.6) is 0 Å². The quantitative estimate of drug-likeness (QED) is 0.161. The number of Topliss-reactive ketones (excluding diaryl/α,β-unsaturated/α-hetero) is 2. The topological polar surface area (TPSA) is 185 Å². The standard InChI is InChI=1S/C42H58F2N6O10.CH3FS/c1-12-30-42(8)34(50(39(55)60-42)19-14-13-18-49-22-28(46-47-49)27-16-15-17-31(43)45-27)25(4)32(51)23(2)21-40(6,56-11)36(26(5)35(53)41(7,44)38(54)58-30)59-37-33(52)29(48(9)10)20-24(3)57-37;1-3-2/h15-17,22-26,29-30,33-34,36-37,52H,12,18-21H2,1-11H3;1H3/t23-,24?,25+,26+,29?,30-,33?,34-,36-,37+,40-,41+,42-;/m1./s1. The van der Waals surface area contributed by atoms with Crippen molar-refractivity contribution in [3.8, 4) is 23.2 Å². The second kappa shape index (κ2) is 21.2. The van der Waals surface area contributed by atoms with Crippen LogP contribution in [0.2, 0.25) is 0 Å². The van der Waals surface area contributed by atoms with Gasteiger partial charge in [0.1, 0.15) is 30.2 Å². The van der Waals surface area contributed by atoms with Crippen LogP contribution < -0.4 is 0 Å². The number of carbonyl (C=O) groups is 4. The number of hydrogen-bond donors (Lipinski definition) is 1. The van der Waals surface area contributed by atoms with Crippen LogP contribution >= 0.6 is 12.1 Å². The molecule has 0 aromatic carbocycles. The lowest BCUT2D eigenvalue weighted by atomic mass is 9.73. The zero-order valence-electron chi connectivity index (χ0n) is 38.0. The van der Waals surface area contributed by atoms with Gasteiger partial charge >= 0.3 is 12.1 Å². The molecule has 3 fully saturated rings. The zero-order valence-corrected chi connectivity index (χ0v) is 38.8. The summed E-state index contributed by atoms with van der Waals surface area (Å²) in [5, 5.41) is 19.4. The van der Waals surface area contributed by atoms with Gasteiger partial charge in [0, 0.05) is 49.3 Å². The summed E-state index contributed by atoms with van der Waals surface area (Å²) in [6.07, 6.45) is -2.97. The second-order valence-corrected chi connectivity index (χ2v) is 17.5. The molecular weight excluding hydrogens is 850 g/mol. The van der Waals surface area contributed by atoms with Crippen molar-refractivity contribution in [2.75, 3.05) is 34.0 Å². The van der Waals surface area contributed by atoms with Crippen LogP contribution in [0.25, 0.3) is 11.4 Å². The summed E-state index contributed by atoms with van der Waals surface area (Å²) in [6, 6.07) is 2.83. The van der Waals surface area contributed by atoms with Crippen LogP contribution in [0.4, 0.5) is 17.5 Å². The summed E-state index contributed by atoms with van der Waals surface area (Å²) in [7, 11) is 4.98. The Labute approximate surface area is 371 Å². The number of ketones is 2. The molecule has 0 saturated carbocycles. The number of hydrogen-bond acceptors (Lipinski definition) is 15. The average molecular weight is 911 g/mol. The molecule has 63 heavy (non-hydrogen) atoms. The number of nitrogens with zero attached hydrogens (tertiary/aromatic N) is 6. The van der Waals surface area contributed by atoms with Crippen molar-refractivity contribution in [1.82, 2.24) is 29.8 Å². The minimum atomic E-state index is -3.22. The van der Waals surface area contributed by atoms with Gasteiger partial charge in [0.2, 0.25) is 5.95 Å². The van der Waals surface area contributed by atoms with Gasteiger partial charge in [-0.3, -0.25) is 14.5 Å². The molecule has 2 aromatic rings. The average Bonchev–Trinajstić information content (AvgIpc) is 3.81. The smallest absolute Gasteiger partial charge is 0.411 e. The van der Waals surface area contributed by atoms with Crippen LogP contribution in [0.15, 0.2) is 24.4 Å². The number of carbonyl (C=O) groups excluding carboxylic acids is 4. The Morgan fingerprint density at radius 2 is 1.70 bits per heavy atom. The van der Waals surface area contributed by atoms with E-state index in [-0.39, 0.29) is 61.7 Å². The number of fused-ring (bicyclic) bond motifs is 1. The van der Waals surface area contributed by atoms with E-state index in [4.69, 9.17) is 23.7 Å². The molecular formula is C43H61F3N6O10S. The maximum atomic E-state index is 16.9. The third-order valence-electron chi connectivity index (χ3n) is 12.3. The number of methoxy groups -OCH3 is 1. The van der Waals surface area contributed by atoms with Crippen molar-refractivity contribution in [2.45, 2.75) is 141 Å². The van der Waals surface area contributed by atoms with Gasteiger partial charge in [0.05, 0.1) is 42.3 Å². The van der Waals surface area contributed by atoms with Gasteiger partial charge in [0.25, 0.3) is 5.67 Å². The van der Waals surface area contributed by atoms with E-state index in [1.807, 2.05) is 11.8 Å². The number of halogens is 3. The van der Waals surface area contributed by atoms with Crippen LogP contribution in [0, 0.1) is 35.5 Å². The first kappa shape index (κ1) is 51.5. The highest BCUT2D eigenvalue weighted by molar-refractivity contribution is 7.93. The van der Waals surface area contributed by atoms with E-state index < -0.39 is 89.1 Å². The number of amides is 1. The van der Waals surface area contributed by atoms with Crippen molar-refractivity contribution in [3.63, 3.8) is 0 Å². The molecule has 3 aliphatic heterocycles. The number of rotatable bonds is 8. The van der Waals surface area contributed by atoms with Crippen LogP contribution in [0.3, 0.4) is 0 Å². The number of aliphatic hydroxyl groups is 1. The van der Waals surface area contributed by atoms with E-state index in [1.54, 1.807) is 47.9 Å². The summed E-state index contributed by atoms with van der Waals surface area (Å²) in [5.74, 6) is -0.998. The SMILES string of the molecule is CC[C@H]1OC(=O)[C@@](C)(F)C(=O)[C@H](C)[C@@H](O[C@@H]2OC(C)CC(N(C)C)C2O)[C@](C)(OC)C[C@@H](C)C(=O)[C@H](C)[C@H]2N(CC#CCn3cc(-c4cccc(F)n4)nn3)C(=O)O[C@]12C.CSF. The van der Waals surface area contributed by atoms with E-state index in [9.17, 15) is 32.6 Å². The molecule has 0 spiro atoms. The van der Waals surface area contributed by atoms with Gasteiger partial charge < -0.3 is 33.7 Å². The molecule has 5 rings (SSSR count). The maximum Gasteiger partial charge on any atom is 0.411 e. The highest BCUT2D eigenvalue weighted by atomic mass is 32.2. The summed E-state index contributed by atoms with van der Waals surface area (Å²) >= 11 is 0.250. The highest BCUT2D eigenvalue weighted by Crippen LogP contribution is 2.43. The largest absolute Gasteiger partial charge is 0.455 e. The summed E-state index contributed by atoms with van der Waals surface area (Å²) in [4.78, 5) is 63.4. The molecule has 16 nitrogen and oxygen atoms in total. The molecule has 1 amide bonds. The first-order valence-electron chi connectivity index (χ1n) is 20.8. The fourth-order valence-electron chi connectivity index (χ4n) is 8.97. The Morgan fingerprint density at radius 1 is 1.05 bits per heavy atom. The first-order valence-corrected chi connectivity index (χ1v) is 21.9. The molecule has 0 radical (unpaired) electrons. The molecule has 1 N–H and O–H groups in total. The zero-order chi connectivity index (χ0) is 47.2. The Kier molecular flexibility index (Phi) is 17.4. The highest BCUT2D eigenvalue weighted by Gasteiger charge is 2.61. The lowest BCUT2D eigenvalue weighted by Crippen LogP contribution is -2.61. The minimum Gasteiger partial charge on any atom is -0.455 e. The van der Waals surface area contributed by atoms with Gasteiger partial charge in [0.15, 0.2) is 17.7 Å². The van der Waals surface area contributed by atoms with E-state index in [1.165, 1.54) is 55.1 Å². The molecule has 2 aromatic heterocycles. The summed E-state index contributed by atoms with van der Waals surface area (Å²) in [6.45, 7) is 11.9. The number of alkyl halides is 1. The van der Waals surface area contributed by atoms with Gasteiger partial charge in [-0.15, -0.1) is 5.10 Å². The summed E-state index contributed by atoms with van der Waals surface area (Å²) in [5.41, 5.74) is -5.81. The number of aromatic nitrogens is 4. The minimum absolute atomic E-state index is 0.0201. The van der Waals surface area contributed by atoms with Crippen molar-refractivity contribution >= 4 is 35.8 Å². The molecule has 350 valence electrons. The number of ether oxygens (including phenoxy) is 5. The van der Waals surface area contributed by atoms with Gasteiger partial charge in [-0.2, -0.15) is 8.28 Å². The third kappa shape index (κ3) is 11.2. The Morgan fingerprint density at radius 3 is 2.30 bits per heavy atom. The van der Waals surface area contributed by atoms with Crippen molar-refractivity contribution in [2.24, 2.45) is 17.8 Å². The third-order valence-corrected chi connectivity index (χ3v) is 12.3. The Balaban J connectivity index is 0.00000282. The molecule has 3 saturated heterocycles. The molecule has 0 bridgehead atoms. The molecule has 3 aliphatic rings. The van der Waals surface area contributed by atoms with Crippen molar-refractivity contribution < 1.29 is 60.6 Å². The fraction of sp³-hybridized carbons (Fsp3) is 0.698. The van der Waals surface area contributed by atoms with E-state index >= 15 is 4.39 Å². The maximum absolute atomic E-state index is 16.9. The molecule has 13 atom stereocenters. The lowest BCUT2D eigenvalue weighted by molar-refractivity contribution is -0.295. The predicted octanol–water partition coefficient (Wildman–Crippen LogP) is 5.01. The molecule has 20 heteroatoms. The number of cyclic esters (lactones) is 1. The lowest BCUT2D eigenvalue weighted by Gasteiger charge is -2.47. The van der Waals surface area contributed by atoms with Crippen LogP contribution in [0.1, 0.15) is 74.7 Å². The number of likely N-dealkylation sites (N-methyl/N-ethyl adjacent to an activating group) is 1. The Bertz CT molecular complexity index is 2000. The Hall–Kier alpha value is -4.13. The van der Waals surface area contributed by atoms with Gasteiger partial charge in [-0.1, -0.05) is 50.8 Å². The van der Waals surface area contributed by atoms with E-state index in [2.05, 4.69) is 27.1 Å². The number of pyridine rings is 1. The number of esters is 1. The number of aliphatic hydroxyl groups excluding tert-OH is 1. The van der Waals surface area contributed by atoms with Gasteiger partial charge in [-0.05, 0) is 73.2 Å². The normalized spacial score (nSPS) is 35.4. The fourth-order valence-corrected chi connectivity index (χ4v) is 8.97. The first-order chi connectivity index (χ1) is 29.5. The van der Waals surface area contributed by atoms with E-state index in [0.29, 0.717) is 12.1 Å². The molecule has 5 heterocycles. The van der Waals surface area contributed by atoms with E-state index in [0.717, 1.165) is 6.92 Å². The van der Waals surface area contributed by atoms with Crippen LogP contribution in [-0.4, -0.2) is 152 Å².